The van der Waals surface area contributed by atoms with Gasteiger partial charge in [0.2, 0.25) is 0 Å². The summed E-state index contributed by atoms with van der Waals surface area (Å²) in [7, 11) is 0. The number of anilines is 1. The third-order valence-corrected chi connectivity index (χ3v) is 2.19. The minimum Gasteiger partial charge on any atom is -0.426 e. The molecule has 0 radical (unpaired) electrons. The van der Waals surface area contributed by atoms with Gasteiger partial charge in [-0.25, -0.2) is 5.43 Å². The van der Waals surface area contributed by atoms with Crippen molar-refractivity contribution >= 4 is 12.2 Å². The average Bonchev–Trinajstić information content (AvgIpc) is 2.72. The number of hydrazine groups is 1. The van der Waals surface area contributed by atoms with Crippen molar-refractivity contribution in [2.75, 3.05) is 18.1 Å². The number of benzene rings is 1. The number of rotatable bonds is 3. The molecule has 1 heterocycles. The summed E-state index contributed by atoms with van der Waals surface area (Å²) >= 11 is 0. The zero-order valence-electron chi connectivity index (χ0n) is 7.77. The highest BCUT2D eigenvalue weighted by Crippen LogP contribution is 2.27. The van der Waals surface area contributed by atoms with Gasteiger partial charge in [0.05, 0.1) is 5.69 Å². The molecule has 1 saturated heterocycles. The summed E-state index contributed by atoms with van der Waals surface area (Å²) in [5.41, 5.74) is 4.12. The minimum absolute atomic E-state index is 0.453. The smallest absolute Gasteiger partial charge is 0.298 e. The van der Waals surface area contributed by atoms with E-state index in [-0.39, 0.29) is 0 Å². The number of hydrogen-bond donors (Lipinski definition) is 1. The lowest BCUT2D eigenvalue weighted by molar-refractivity contribution is -0.120. The lowest BCUT2D eigenvalue weighted by atomic mass is 10.3. The molecule has 1 aromatic rings. The third kappa shape index (κ3) is 1.70. The van der Waals surface area contributed by atoms with E-state index in [4.69, 9.17) is 4.74 Å². The number of carbonyl (C=O) groups excluding carboxylic acids is 1. The standard InChI is InChI=1S/C10H12N2O2/c13-8-14-10-5-2-1-4-9(10)12-7-3-6-11-12/h1-2,4-5,8,11H,3,6-7H2. The van der Waals surface area contributed by atoms with Crippen LogP contribution in [-0.4, -0.2) is 19.6 Å². The van der Waals surface area contributed by atoms with Gasteiger partial charge in [-0.3, -0.25) is 4.79 Å². The second kappa shape index (κ2) is 4.11. The predicted octanol–water partition coefficient (Wildman–Crippen LogP) is 0.936. The Bertz CT molecular complexity index is 322. The Morgan fingerprint density at radius 2 is 2.29 bits per heavy atom. The van der Waals surface area contributed by atoms with E-state index < -0.39 is 0 Å². The molecular weight excluding hydrogens is 180 g/mol. The zero-order valence-corrected chi connectivity index (χ0v) is 7.77. The Morgan fingerprint density at radius 1 is 1.43 bits per heavy atom. The maximum atomic E-state index is 10.3. The molecule has 0 spiro atoms. The van der Waals surface area contributed by atoms with Crippen molar-refractivity contribution in [3.05, 3.63) is 24.3 Å². The molecule has 0 aromatic heterocycles. The Hall–Kier alpha value is -1.55. The molecule has 4 nitrogen and oxygen atoms in total. The van der Waals surface area contributed by atoms with Gasteiger partial charge in [0.25, 0.3) is 6.47 Å². The lowest BCUT2D eigenvalue weighted by Crippen LogP contribution is -2.30. The van der Waals surface area contributed by atoms with Crippen molar-refractivity contribution in [1.29, 1.82) is 0 Å². The van der Waals surface area contributed by atoms with E-state index in [1.54, 1.807) is 6.07 Å². The van der Waals surface area contributed by atoms with Crippen molar-refractivity contribution in [3.8, 4) is 5.75 Å². The van der Waals surface area contributed by atoms with Crippen molar-refractivity contribution in [2.45, 2.75) is 6.42 Å². The first-order valence-electron chi connectivity index (χ1n) is 4.62. The molecule has 0 saturated carbocycles. The molecule has 2 rings (SSSR count). The number of hydrogen-bond acceptors (Lipinski definition) is 4. The number of para-hydroxylation sites is 2. The Balaban J connectivity index is 2.25. The van der Waals surface area contributed by atoms with Crippen LogP contribution < -0.4 is 15.2 Å². The van der Waals surface area contributed by atoms with E-state index in [1.807, 2.05) is 23.2 Å². The molecule has 1 aliphatic heterocycles. The molecule has 1 N–H and O–H groups in total. The van der Waals surface area contributed by atoms with Gasteiger partial charge in [-0.1, -0.05) is 12.1 Å². The molecule has 1 aromatic carbocycles. The van der Waals surface area contributed by atoms with E-state index in [0.717, 1.165) is 25.2 Å². The molecule has 0 bridgehead atoms. The topological polar surface area (TPSA) is 41.6 Å². The molecule has 4 heteroatoms. The van der Waals surface area contributed by atoms with Gasteiger partial charge in [-0.15, -0.1) is 0 Å². The van der Waals surface area contributed by atoms with Crippen molar-refractivity contribution in [1.82, 2.24) is 5.43 Å². The fraction of sp³-hybridized carbons (Fsp3) is 0.300. The highest BCUT2D eigenvalue weighted by Gasteiger charge is 2.15. The largest absolute Gasteiger partial charge is 0.426 e. The zero-order chi connectivity index (χ0) is 9.80. The highest BCUT2D eigenvalue weighted by molar-refractivity contribution is 5.62. The summed E-state index contributed by atoms with van der Waals surface area (Å²) in [4.78, 5) is 10.3. The van der Waals surface area contributed by atoms with Crippen LogP contribution in [0.25, 0.3) is 0 Å². The SMILES string of the molecule is O=COc1ccccc1N1CCCN1. The van der Waals surface area contributed by atoms with Crippen LogP contribution in [0.1, 0.15) is 6.42 Å². The second-order valence-electron chi connectivity index (χ2n) is 3.10. The minimum atomic E-state index is 0.453. The van der Waals surface area contributed by atoms with Gasteiger partial charge in [0, 0.05) is 13.1 Å². The lowest BCUT2D eigenvalue weighted by Gasteiger charge is -2.19. The van der Waals surface area contributed by atoms with Crippen LogP contribution in [0.15, 0.2) is 24.3 Å². The average molecular weight is 192 g/mol. The first-order chi connectivity index (χ1) is 6.92. The summed E-state index contributed by atoms with van der Waals surface area (Å²) in [5.74, 6) is 0.594. The maximum Gasteiger partial charge on any atom is 0.298 e. The van der Waals surface area contributed by atoms with Crippen LogP contribution in [0.4, 0.5) is 5.69 Å². The van der Waals surface area contributed by atoms with Gasteiger partial charge in [0.1, 0.15) is 0 Å². The molecule has 0 aliphatic carbocycles. The van der Waals surface area contributed by atoms with Gasteiger partial charge in [0.15, 0.2) is 5.75 Å². The fourth-order valence-electron chi connectivity index (χ4n) is 1.57. The summed E-state index contributed by atoms with van der Waals surface area (Å²) < 4.78 is 4.89. The van der Waals surface area contributed by atoms with Gasteiger partial charge < -0.3 is 9.75 Å². The maximum absolute atomic E-state index is 10.3. The van der Waals surface area contributed by atoms with Crippen molar-refractivity contribution in [2.24, 2.45) is 0 Å². The van der Waals surface area contributed by atoms with Gasteiger partial charge in [-0.05, 0) is 18.6 Å². The molecular formula is C10H12N2O2. The van der Waals surface area contributed by atoms with Gasteiger partial charge in [-0.2, -0.15) is 0 Å². The van der Waals surface area contributed by atoms with E-state index in [0.29, 0.717) is 12.2 Å². The summed E-state index contributed by atoms with van der Waals surface area (Å²) in [6.45, 7) is 2.36. The number of ether oxygens (including phenoxy) is 1. The molecule has 0 unspecified atom stereocenters. The summed E-state index contributed by atoms with van der Waals surface area (Å²) in [6, 6.07) is 7.48. The second-order valence-corrected chi connectivity index (χ2v) is 3.10. The Morgan fingerprint density at radius 3 is 3.00 bits per heavy atom. The predicted molar refractivity (Wildman–Crippen MR) is 53.1 cm³/mol. The van der Waals surface area contributed by atoms with Crippen LogP contribution in [0.2, 0.25) is 0 Å². The molecule has 0 amide bonds. The van der Waals surface area contributed by atoms with E-state index in [2.05, 4.69) is 5.43 Å². The summed E-state index contributed by atoms with van der Waals surface area (Å²) in [5, 5.41) is 2.00. The quantitative estimate of drug-likeness (QED) is 0.723. The van der Waals surface area contributed by atoms with Crippen LogP contribution in [-0.2, 0) is 4.79 Å². The number of nitrogens with zero attached hydrogens (tertiary/aromatic N) is 1. The number of nitrogens with one attached hydrogen (secondary N) is 1. The monoisotopic (exact) mass is 192 g/mol. The van der Waals surface area contributed by atoms with E-state index in [1.165, 1.54) is 0 Å². The molecule has 0 atom stereocenters. The first kappa shape index (κ1) is 9.02. The van der Waals surface area contributed by atoms with Gasteiger partial charge >= 0.3 is 0 Å². The Labute approximate surface area is 82.4 Å². The Kier molecular flexibility index (Phi) is 2.65. The fourth-order valence-corrected chi connectivity index (χ4v) is 1.57. The van der Waals surface area contributed by atoms with Crippen LogP contribution in [0.3, 0.4) is 0 Å². The normalized spacial score (nSPS) is 15.6. The van der Waals surface area contributed by atoms with E-state index in [9.17, 15) is 4.79 Å². The first-order valence-corrected chi connectivity index (χ1v) is 4.62. The van der Waals surface area contributed by atoms with E-state index >= 15 is 0 Å². The van der Waals surface area contributed by atoms with Crippen molar-refractivity contribution in [3.63, 3.8) is 0 Å². The van der Waals surface area contributed by atoms with Crippen molar-refractivity contribution < 1.29 is 9.53 Å². The van der Waals surface area contributed by atoms with Crippen LogP contribution >= 0.6 is 0 Å². The number of carbonyl (C=O) groups is 1. The molecule has 1 aliphatic rings. The highest BCUT2D eigenvalue weighted by atomic mass is 16.5. The molecule has 1 fully saturated rings. The van der Waals surface area contributed by atoms with Crippen LogP contribution in [0.5, 0.6) is 5.75 Å². The van der Waals surface area contributed by atoms with Crippen LogP contribution in [0, 0.1) is 0 Å². The molecule has 74 valence electrons. The molecule has 14 heavy (non-hydrogen) atoms. The summed E-state index contributed by atoms with van der Waals surface area (Å²) in [6.07, 6.45) is 1.11. The third-order valence-electron chi connectivity index (χ3n) is 2.19.